The van der Waals surface area contributed by atoms with Crippen LogP contribution in [0, 0.1) is 0 Å². The van der Waals surface area contributed by atoms with Crippen molar-refractivity contribution in [1.82, 2.24) is 19.6 Å². The van der Waals surface area contributed by atoms with Gasteiger partial charge in [-0.3, -0.25) is 9.20 Å². The van der Waals surface area contributed by atoms with E-state index in [-0.39, 0.29) is 11.5 Å². The van der Waals surface area contributed by atoms with Gasteiger partial charge in [0.05, 0.1) is 11.1 Å². The van der Waals surface area contributed by atoms with Crippen LogP contribution in [0.2, 0.25) is 5.02 Å². The summed E-state index contributed by atoms with van der Waals surface area (Å²) < 4.78 is 12.9. The second kappa shape index (κ2) is 8.33. The van der Waals surface area contributed by atoms with Crippen molar-refractivity contribution in [2.24, 2.45) is 0 Å². The molecule has 0 amide bonds. The molecule has 0 saturated carbocycles. The number of carbonyl (C=O) groups is 1. The average Bonchev–Trinajstić information content (AvgIpc) is 3.46. The SMILES string of the molecule is O=C(CSc1nnc2c3c(-c4ccc(Cl)cc4)csc3ncn12)c1ccc2c(c1)OCCO2. The van der Waals surface area contributed by atoms with E-state index in [0.717, 1.165) is 21.3 Å². The third-order valence-electron chi connectivity index (χ3n) is 5.30. The molecule has 0 N–H and O–H groups in total. The number of thiophene rings is 1. The summed E-state index contributed by atoms with van der Waals surface area (Å²) in [5, 5.41) is 13.0. The summed E-state index contributed by atoms with van der Waals surface area (Å²) in [7, 11) is 0. The smallest absolute Gasteiger partial charge is 0.197 e. The number of benzene rings is 2. The molecule has 10 heteroatoms. The molecule has 0 aliphatic carbocycles. The minimum Gasteiger partial charge on any atom is -0.486 e. The Morgan fingerprint density at radius 1 is 1.09 bits per heavy atom. The van der Waals surface area contributed by atoms with Crippen molar-refractivity contribution in [2.45, 2.75) is 5.16 Å². The van der Waals surface area contributed by atoms with Crippen LogP contribution in [0.4, 0.5) is 0 Å². The van der Waals surface area contributed by atoms with Crippen LogP contribution in [0.3, 0.4) is 0 Å². The summed E-state index contributed by atoms with van der Waals surface area (Å²) in [5.41, 5.74) is 3.34. The predicted octanol–water partition coefficient (Wildman–Crippen LogP) is 5.41. The van der Waals surface area contributed by atoms with Gasteiger partial charge in [-0.05, 0) is 35.9 Å². The first kappa shape index (κ1) is 20.5. The average molecular weight is 495 g/mol. The molecule has 5 aromatic rings. The van der Waals surface area contributed by atoms with Gasteiger partial charge in [0.15, 0.2) is 28.1 Å². The van der Waals surface area contributed by atoms with Gasteiger partial charge in [0.2, 0.25) is 0 Å². The molecule has 33 heavy (non-hydrogen) atoms. The molecule has 0 spiro atoms. The van der Waals surface area contributed by atoms with E-state index in [4.69, 9.17) is 21.1 Å². The summed E-state index contributed by atoms with van der Waals surface area (Å²) in [6.45, 7) is 0.995. The van der Waals surface area contributed by atoms with Gasteiger partial charge in [-0.2, -0.15) is 0 Å². The molecule has 164 valence electrons. The zero-order chi connectivity index (χ0) is 22.4. The number of ketones is 1. The largest absolute Gasteiger partial charge is 0.486 e. The molecule has 0 fully saturated rings. The van der Waals surface area contributed by atoms with Gasteiger partial charge < -0.3 is 9.47 Å². The van der Waals surface area contributed by atoms with Gasteiger partial charge >= 0.3 is 0 Å². The van der Waals surface area contributed by atoms with Crippen LogP contribution in [-0.4, -0.2) is 44.3 Å². The van der Waals surface area contributed by atoms with Crippen molar-refractivity contribution < 1.29 is 14.3 Å². The highest BCUT2D eigenvalue weighted by Gasteiger charge is 2.19. The quantitative estimate of drug-likeness (QED) is 0.239. The molecule has 0 unspecified atom stereocenters. The van der Waals surface area contributed by atoms with Crippen LogP contribution < -0.4 is 9.47 Å². The zero-order valence-corrected chi connectivity index (χ0v) is 19.4. The number of halogens is 1. The maximum Gasteiger partial charge on any atom is 0.197 e. The Morgan fingerprint density at radius 2 is 1.91 bits per heavy atom. The maximum atomic E-state index is 12.8. The van der Waals surface area contributed by atoms with Crippen LogP contribution in [0.15, 0.2) is 59.3 Å². The Kier molecular flexibility index (Phi) is 5.17. The summed E-state index contributed by atoms with van der Waals surface area (Å²) in [5.74, 6) is 1.45. The molecule has 0 bridgehead atoms. The topological polar surface area (TPSA) is 78.6 Å². The van der Waals surface area contributed by atoms with E-state index in [1.165, 1.54) is 11.8 Å². The van der Waals surface area contributed by atoms with E-state index in [1.54, 1.807) is 35.9 Å². The molecular weight excluding hydrogens is 480 g/mol. The van der Waals surface area contributed by atoms with Crippen LogP contribution >= 0.6 is 34.7 Å². The molecule has 0 atom stereocenters. The van der Waals surface area contributed by atoms with Crippen molar-refractivity contribution in [3.63, 3.8) is 0 Å². The second-order valence-electron chi connectivity index (χ2n) is 7.33. The summed E-state index contributed by atoms with van der Waals surface area (Å²) in [6, 6.07) is 12.9. The normalized spacial score (nSPS) is 13.0. The lowest BCUT2D eigenvalue weighted by Gasteiger charge is -2.18. The number of hydrogen-bond donors (Lipinski definition) is 0. The number of carbonyl (C=O) groups excluding carboxylic acids is 1. The van der Waals surface area contributed by atoms with Gasteiger partial charge in [0.25, 0.3) is 0 Å². The molecule has 2 aromatic carbocycles. The van der Waals surface area contributed by atoms with Crippen molar-refractivity contribution in [3.05, 3.63) is 64.8 Å². The standard InChI is InChI=1S/C23H15ClN4O3S2/c24-15-4-1-13(2-5-15)16-10-32-22-20(16)21-26-27-23(28(21)12-25-22)33-11-17(29)14-3-6-18-19(9-14)31-8-7-30-18/h1-6,9-10,12H,7-8,11H2. The van der Waals surface area contributed by atoms with Crippen LogP contribution in [-0.2, 0) is 0 Å². The molecule has 4 heterocycles. The summed E-state index contributed by atoms with van der Waals surface area (Å²) in [6.07, 6.45) is 1.71. The summed E-state index contributed by atoms with van der Waals surface area (Å²) in [4.78, 5) is 18.3. The van der Waals surface area contributed by atoms with Gasteiger partial charge in [-0.1, -0.05) is 35.5 Å². The van der Waals surface area contributed by atoms with E-state index in [1.807, 2.05) is 28.7 Å². The third kappa shape index (κ3) is 3.72. The highest BCUT2D eigenvalue weighted by atomic mass is 35.5. The molecule has 0 radical (unpaired) electrons. The van der Waals surface area contributed by atoms with E-state index >= 15 is 0 Å². The minimum absolute atomic E-state index is 0.0276. The Labute approximate surface area is 201 Å². The predicted molar refractivity (Wildman–Crippen MR) is 129 cm³/mol. The number of Topliss-reactive ketones (excluding diaryl/α,β-unsaturated/α-hetero) is 1. The third-order valence-corrected chi connectivity index (χ3v) is 7.38. The van der Waals surface area contributed by atoms with Crippen molar-refractivity contribution in [3.8, 4) is 22.6 Å². The lowest BCUT2D eigenvalue weighted by molar-refractivity contribution is 0.102. The fourth-order valence-electron chi connectivity index (χ4n) is 3.69. The fourth-order valence-corrected chi connectivity index (χ4v) is 5.53. The first-order chi connectivity index (χ1) is 16.2. The number of fused-ring (bicyclic) bond motifs is 4. The van der Waals surface area contributed by atoms with E-state index in [0.29, 0.717) is 46.1 Å². The Balaban J connectivity index is 1.29. The van der Waals surface area contributed by atoms with Crippen molar-refractivity contribution >= 4 is 56.3 Å². The minimum atomic E-state index is -0.0276. The molecule has 3 aromatic heterocycles. The zero-order valence-electron chi connectivity index (χ0n) is 17.0. The first-order valence-electron chi connectivity index (χ1n) is 10.1. The maximum absolute atomic E-state index is 12.8. The highest BCUT2D eigenvalue weighted by Crippen LogP contribution is 2.36. The van der Waals surface area contributed by atoms with Gasteiger partial charge in [-0.15, -0.1) is 21.5 Å². The monoisotopic (exact) mass is 494 g/mol. The Hall–Kier alpha value is -3.14. The van der Waals surface area contributed by atoms with Crippen molar-refractivity contribution in [2.75, 3.05) is 19.0 Å². The molecule has 6 rings (SSSR count). The Bertz CT molecular complexity index is 1510. The van der Waals surface area contributed by atoms with Crippen molar-refractivity contribution in [1.29, 1.82) is 0 Å². The number of ether oxygens (including phenoxy) is 2. The first-order valence-corrected chi connectivity index (χ1v) is 12.3. The van der Waals surface area contributed by atoms with Crippen LogP contribution in [0.1, 0.15) is 10.4 Å². The van der Waals surface area contributed by atoms with Gasteiger partial charge in [0.1, 0.15) is 24.4 Å². The number of rotatable bonds is 5. The van der Waals surface area contributed by atoms with Gasteiger partial charge in [-0.25, -0.2) is 4.98 Å². The number of thioether (sulfide) groups is 1. The second-order valence-corrected chi connectivity index (χ2v) is 9.56. The lowest BCUT2D eigenvalue weighted by atomic mass is 10.1. The molecule has 7 nitrogen and oxygen atoms in total. The lowest BCUT2D eigenvalue weighted by Crippen LogP contribution is -2.16. The summed E-state index contributed by atoms with van der Waals surface area (Å²) >= 11 is 8.93. The Morgan fingerprint density at radius 3 is 2.76 bits per heavy atom. The number of hydrogen-bond acceptors (Lipinski definition) is 8. The van der Waals surface area contributed by atoms with Crippen LogP contribution in [0.5, 0.6) is 11.5 Å². The van der Waals surface area contributed by atoms with E-state index in [9.17, 15) is 4.79 Å². The molecule has 1 aliphatic rings. The molecule has 0 saturated heterocycles. The molecular formula is C23H15ClN4O3S2. The highest BCUT2D eigenvalue weighted by molar-refractivity contribution is 7.99. The van der Waals surface area contributed by atoms with Crippen LogP contribution in [0.25, 0.3) is 27.0 Å². The fraction of sp³-hybridized carbons (Fsp3) is 0.130. The van der Waals surface area contributed by atoms with E-state index < -0.39 is 0 Å². The number of aromatic nitrogens is 4. The van der Waals surface area contributed by atoms with E-state index in [2.05, 4.69) is 20.6 Å². The molecule has 1 aliphatic heterocycles. The van der Waals surface area contributed by atoms with Gasteiger partial charge in [0, 0.05) is 21.5 Å². The number of nitrogens with zero attached hydrogens (tertiary/aromatic N) is 4.